The monoisotopic (exact) mass is 306 g/mol. The predicted molar refractivity (Wildman–Crippen MR) is 80.8 cm³/mol. The number of aliphatic carboxylic acids is 1. The molecule has 6 nitrogen and oxygen atoms in total. The molecule has 1 amide bonds. The van der Waals surface area contributed by atoms with Gasteiger partial charge in [-0.2, -0.15) is 0 Å². The number of aromatic nitrogens is 1. The van der Waals surface area contributed by atoms with Gasteiger partial charge >= 0.3 is 5.97 Å². The second-order valence-corrected chi connectivity index (χ2v) is 5.88. The molecule has 0 aromatic carbocycles. The topological polar surface area (TPSA) is 88.5 Å². The van der Waals surface area contributed by atoms with E-state index in [4.69, 9.17) is 9.84 Å². The van der Waals surface area contributed by atoms with Crippen molar-refractivity contribution >= 4 is 11.9 Å². The standard InChI is InChI=1S/C16H22N2O4/c1-10(2)22-13-4-3-9-17-14(13)15(19)18-12-7-5-11(6-8-12)16(20)21/h3-4,9-12H,5-8H2,1-2H3,(H,18,19)(H,20,21). The Morgan fingerprint density at radius 3 is 2.59 bits per heavy atom. The van der Waals surface area contributed by atoms with Gasteiger partial charge in [0.2, 0.25) is 0 Å². The third kappa shape index (κ3) is 4.19. The van der Waals surface area contributed by atoms with Crippen LogP contribution in [0.4, 0.5) is 0 Å². The maximum Gasteiger partial charge on any atom is 0.306 e. The number of hydrogen-bond donors (Lipinski definition) is 2. The van der Waals surface area contributed by atoms with Crippen LogP contribution in [-0.2, 0) is 4.79 Å². The van der Waals surface area contributed by atoms with E-state index >= 15 is 0 Å². The summed E-state index contributed by atoms with van der Waals surface area (Å²) >= 11 is 0. The van der Waals surface area contributed by atoms with Gasteiger partial charge in [0.1, 0.15) is 0 Å². The molecule has 0 radical (unpaired) electrons. The van der Waals surface area contributed by atoms with Crippen molar-refractivity contribution in [2.24, 2.45) is 5.92 Å². The molecule has 2 rings (SSSR count). The van der Waals surface area contributed by atoms with E-state index < -0.39 is 5.97 Å². The number of carbonyl (C=O) groups excluding carboxylic acids is 1. The fraction of sp³-hybridized carbons (Fsp3) is 0.562. The predicted octanol–water partition coefficient (Wildman–Crippen LogP) is 2.24. The molecule has 1 aromatic heterocycles. The molecule has 6 heteroatoms. The average Bonchev–Trinajstić information content (AvgIpc) is 2.47. The van der Waals surface area contributed by atoms with Crippen molar-refractivity contribution in [3.8, 4) is 5.75 Å². The van der Waals surface area contributed by atoms with Crippen LogP contribution < -0.4 is 10.1 Å². The quantitative estimate of drug-likeness (QED) is 0.871. The van der Waals surface area contributed by atoms with E-state index in [1.54, 1.807) is 18.3 Å². The maximum absolute atomic E-state index is 12.4. The molecule has 2 N–H and O–H groups in total. The molecule has 0 spiro atoms. The van der Waals surface area contributed by atoms with Gasteiger partial charge in [-0.25, -0.2) is 4.98 Å². The smallest absolute Gasteiger partial charge is 0.306 e. The van der Waals surface area contributed by atoms with Crippen molar-refractivity contribution in [1.82, 2.24) is 10.3 Å². The van der Waals surface area contributed by atoms with Crippen molar-refractivity contribution in [2.45, 2.75) is 51.7 Å². The SMILES string of the molecule is CC(C)Oc1cccnc1C(=O)NC1CCC(C(=O)O)CC1. The van der Waals surface area contributed by atoms with Gasteiger partial charge in [0.15, 0.2) is 11.4 Å². The number of carbonyl (C=O) groups is 2. The van der Waals surface area contributed by atoms with Crippen molar-refractivity contribution in [2.75, 3.05) is 0 Å². The van der Waals surface area contributed by atoms with Crippen molar-refractivity contribution in [3.05, 3.63) is 24.0 Å². The van der Waals surface area contributed by atoms with Gasteiger partial charge < -0.3 is 15.2 Å². The Morgan fingerprint density at radius 2 is 2.00 bits per heavy atom. The zero-order valence-corrected chi connectivity index (χ0v) is 12.9. The summed E-state index contributed by atoms with van der Waals surface area (Å²) in [5.41, 5.74) is 0.275. The summed E-state index contributed by atoms with van der Waals surface area (Å²) in [6.45, 7) is 3.78. The first kappa shape index (κ1) is 16.3. The molecule has 0 bridgehead atoms. The van der Waals surface area contributed by atoms with Gasteiger partial charge in [-0.1, -0.05) is 0 Å². The number of carboxylic acids is 1. The lowest BCUT2D eigenvalue weighted by Crippen LogP contribution is -2.39. The first-order chi connectivity index (χ1) is 10.5. The summed E-state index contributed by atoms with van der Waals surface area (Å²) < 4.78 is 5.60. The molecule has 1 heterocycles. The molecule has 0 atom stereocenters. The van der Waals surface area contributed by atoms with Crippen molar-refractivity contribution < 1.29 is 19.4 Å². The number of ether oxygens (including phenoxy) is 1. The number of hydrogen-bond acceptors (Lipinski definition) is 4. The highest BCUT2D eigenvalue weighted by Crippen LogP contribution is 2.25. The second-order valence-electron chi connectivity index (χ2n) is 5.88. The largest absolute Gasteiger partial charge is 0.489 e. The zero-order chi connectivity index (χ0) is 16.1. The van der Waals surface area contributed by atoms with Gasteiger partial charge in [0.25, 0.3) is 5.91 Å². The highest BCUT2D eigenvalue weighted by atomic mass is 16.5. The van der Waals surface area contributed by atoms with Crippen LogP contribution in [0, 0.1) is 5.92 Å². The molecule has 1 aliphatic carbocycles. The third-order valence-electron chi connectivity index (χ3n) is 3.76. The molecule has 1 fully saturated rings. The van der Waals surface area contributed by atoms with E-state index in [-0.39, 0.29) is 29.7 Å². The minimum Gasteiger partial charge on any atom is -0.489 e. The summed E-state index contributed by atoms with van der Waals surface area (Å²) in [6.07, 6.45) is 4.06. The normalized spacial score (nSPS) is 21.4. The Kier molecular flexibility index (Phi) is 5.35. The molecule has 120 valence electrons. The number of nitrogens with zero attached hydrogens (tertiary/aromatic N) is 1. The average molecular weight is 306 g/mol. The minimum atomic E-state index is -0.748. The molecular weight excluding hydrogens is 284 g/mol. The summed E-state index contributed by atoms with van der Waals surface area (Å²) in [6, 6.07) is 3.45. The van der Waals surface area contributed by atoms with Crippen molar-refractivity contribution in [1.29, 1.82) is 0 Å². The summed E-state index contributed by atoms with van der Waals surface area (Å²) in [7, 11) is 0. The maximum atomic E-state index is 12.4. The third-order valence-corrected chi connectivity index (χ3v) is 3.76. The van der Waals surface area contributed by atoms with Crippen LogP contribution in [0.1, 0.15) is 50.0 Å². The molecule has 0 unspecified atom stereocenters. The van der Waals surface area contributed by atoms with E-state index in [1.807, 2.05) is 13.8 Å². The van der Waals surface area contributed by atoms with Crippen LogP contribution in [0.2, 0.25) is 0 Å². The van der Waals surface area contributed by atoms with Crippen LogP contribution in [0.15, 0.2) is 18.3 Å². The Balaban J connectivity index is 1.97. The van der Waals surface area contributed by atoms with Gasteiger partial charge in [0.05, 0.1) is 12.0 Å². The molecule has 0 saturated heterocycles. The number of rotatable bonds is 5. The molecule has 1 aliphatic rings. The Bertz CT molecular complexity index is 537. The molecule has 1 saturated carbocycles. The highest BCUT2D eigenvalue weighted by molar-refractivity contribution is 5.95. The summed E-state index contributed by atoms with van der Waals surface area (Å²) in [4.78, 5) is 27.4. The number of pyridine rings is 1. The van der Waals surface area contributed by atoms with Crippen LogP contribution in [0.5, 0.6) is 5.75 Å². The molecule has 0 aliphatic heterocycles. The highest BCUT2D eigenvalue weighted by Gasteiger charge is 2.27. The Hall–Kier alpha value is -2.11. The van der Waals surface area contributed by atoms with Crippen molar-refractivity contribution in [3.63, 3.8) is 0 Å². The summed E-state index contributed by atoms with van der Waals surface area (Å²) in [5, 5.41) is 11.9. The van der Waals surface area contributed by atoms with Gasteiger partial charge in [-0.15, -0.1) is 0 Å². The van der Waals surface area contributed by atoms with E-state index in [9.17, 15) is 9.59 Å². The number of carboxylic acid groups (broad SMARTS) is 1. The van der Waals surface area contributed by atoms with Gasteiger partial charge in [-0.05, 0) is 51.7 Å². The van der Waals surface area contributed by atoms with E-state index in [0.29, 0.717) is 31.4 Å². The fourth-order valence-corrected chi connectivity index (χ4v) is 2.65. The molecule has 22 heavy (non-hydrogen) atoms. The molecular formula is C16H22N2O4. The van der Waals surface area contributed by atoms with E-state index in [0.717, 1.165) is 0 Å². The lowest BCUT2D eigenvalue weighted by atomic mass is 9.86. The van der Waals surface area contributed by atoms with Crippen LogP contribution >= 0.6 is 0 Å². The minimum absolute atomic E-state index is 0.00277. The summed E-state index contributed by atoms with van der Waals surface area (Å²) in [5.74, 6) is -0.839. The lowest BCUT2D eigenvalue weighted by molar-refractivity contribution is -0.142. The molecule has 1 aromatic rings. The number of amides is 1. The Morgan fingerprint density at radius 1 is 1.32 bits per heavy atom. The second kappa shape index (κ2) is 7.24. The number of nitrogens with one attached hydrogen (secondary N) is 1. The zero-order valence-electron chi connectivity index (χ0n) is 12.9. The van der Waals surface area contributed by atoms with Gasteiger partial charge in [0, 0.05) is 12.2 Å². The van der Waals surface area contributed by atoms with Crippen LogP contribution in [0.3, 0.4) is 0 Å². The first-order valence-electron chi connectivity index (χ1n) is 7.62. The fourth-order valence-electron chi connectivity index (χ4n) is 2.65. The van der Waals surface area contributed by atoms with Gasteiger partial charge in [-0.3, -0.25) is 9.59 Å². The van der Waals surface area contributed by atoms with E-state index in [2.05, 4.69) is 10.3 Å². The Labute approximate surface area is 129 Å². The van der Waals surface area contributed by atoms with Crippen LogP contribution in [0.25, 0.3) is 0 Å². The van der Waals surface area contributed by atoms with Crippen LogP contribution in [-0.4, -0.2) is 34.1 Å². The first-order valence-corrected chi connectivity index (χ1v) is 7.62. The van der Waals surface area contributed by atoms with E-state index in [1.165, 1.54) is 0 Å². The lowest BCUT2D eigenvalue weighted by Gasteiger charge is -2.26.